The summed E-state index contributed by atoms with van der Waals surface area (Å²) in [5, 5.41) is 13.8. The molecule has 0 unspecified atom stereocenters. The largest absolute Gasteiger partial charge is 0.480 e. The Morgan fingerprint density at radius 1 is 1.24 bits per heavy atom. The summed E-state index contributed by atoms with van der Waals surface area (Å²) in [6, 6.07) is -3.57. The maximum atomic E-state index is 12.2. The molecule has 138 valence electrons. The van der Waals surface area contributed by atoms with Gasteiger partial charge in [-0.2, -0.15) is 12.6 Å². The standard InChI is InChI=1S/C13H20N6O5S/c14-7(2-10(15)20)11(21)19-9(4-25)12(22)18-8(13(23)24)1-6-3-16-5-17-6/h3,5,7-9,25H,1-2,4,14H2,(H2,15,20)(H,16,17)(H,18,22)(H,19,21)(H,23,24)/t7-,8-,9-/m0/s1. The molecule has 0 saturated carbocycles. The Morgan fingerprint density at radius 2 is 1.88 bits per heavy atom. The third kappa shape index (κ3) is 6.81. The molecule has 0 aliphatic heterocycles. The van der Waals surface area contributed by atoms with Crippen LogP contribution in [0.25, 0.3) is 0 Å². The Hall–Kier alpha value is -2.60. The highest BCUT2D eigenvalue weighted by Crippen LogP contribution is 2.01. The number of carbonyl (C=O) groups excluding carboxylic acids is 3. The highest BCUT2D eigenvalue weighted by molar-refractivity contribution is 7.80. The molecule has 1 heterocycles. The molecule has 8 N–H and O–H groups in total. The van der Waals surface area contributed by atoms with Crippen molar-refractivity contribution >= 4 is 36.3 Å². The molecule has 0 fully saturated rings. The number of nitrogens with one attached hydrogen (secondary N) is 3. The Kier molecular flexibility index (Phi) is 7.88. The van der Waals surface area contributed by atoms with Crippen molar-refractivity contribution in [3.8, 4) is 0 Å². The van der Waals surface area contributed by atoms with Crippen LogP contribution in [0.3, 0.4) is 0 Å². The number of primary amides is 1. The van der Waals surface area contributed by atoms with Gasteiger partial charge >= 0.3 is 5.97 Å². The predicted molar refractivity (Wildman–Crippen MR) is 89.4 cm³/mol. The third-order valence-electron chi connectivity index (χ3n) is 3.17. The first-order valence-electron chi connectivity index (χ1n) is 7.20. The van der Waals surface area contributed by atoms with Crippen LogP contribution in [0.15, 0.2) is 12.5 Å². The smallest absolute Gasteiger partial charge is 0.326 e. The number of rotatable bonds is 10. The Morgan fingerprint density at radius 3 is 2.36 bits per heavy atom. The fourth-order valence-electron chi connectivity index (χ4n) is 1.87. The third-order valence-corrected chi connectivity index (χ3v) is 3.53. The van der Waals surface area contributed by atoms with E-state index in [-0.39, 0.29) is 18.6 Å². The highest BCUT2D eigenvalue weighted by atomic mass is 32.1. The number of amides is 3. The van der Waals surface area contributed by atoms with E-state index in [2.05, 4.69) is 33.2 Å². The molecule has 12 heteroatoms. The van der Waals surface area contributed by atoms with Gasteiger partial charge in [0.15, 0.2) is 0 Å². The average molecular weight is 372 g/mol. The van der Waals surface area contributed by atoms with Crippen LogP contribution >= 0.6 is 12.6 Å². The molecular formula is C13H20N6O5S. The van der Waals surface area contributed by atoms with Gasteiger partial charge in [-0.15, -0.1) is 0 Å². The minimum atomic E-state index is -1.25. The van der Waals surface area contributed by atoms with Gasteiger partial charge < -0.3 is 32.2 Å². The van der Waals surface area contributed by atoms with Crippen LogP contribution in [0.1, 0.15) is 12.1 Å². The SMILES string of the molecule is NC(=O)C[C@H](N)C(=O)N[C@@H](CS)C(=O)N[C@@H](Cc1cnc[nH]1)C(=O)O. The number of hydrogen-bond acceptors (Lipinski definition) is 7. The van der Waals surface area contributed by atoms with Gasteiger partial charge in [0.2, 0.25) is 17.7 Å². The number of aliphatic carboxylic acids is 1. The lowest BCUT2D eigenvalue weighted by molar-refractivity contribution is -0.142. The van der Waals surface area contributed by atoms with Crippen LogP contribution in [0.4, 0.5) is 0 Å². The number of nitrogens with two attached hydrogens (primary N) is 2. The topological polar surface area (TPSA) is 193 Å². The lowest BCUT2D eigenvalue weighted by Crippen LogP contribution is -2.56. The van der Waals surface area contributed by atoms with Gasteiger partial charge in [-0.3, -0.25) is 14.4 Å². The van der Waals surface area contributed by atoms with Gasteiger partial charge in [0, 0.05) is 24.1 Å². The van der Waals surface area contributed by atoms with Crippen molar-refractivity contribution in [2.24, 2.45) is 11.5 Å². The lowest BCUT2D eigenvalue weighted by Gasteiger charge is -2.21. The first kappa shape index (κ1) is 20.4. The fourth-order valence-corrected chi connectivity index (χ4v) is 2.13. The van der Waals surface area contributed by atoms with E-state index >= 15 is 0 Å². The van der Waals surface area contributed by atoms with Crippen molar-refractivity contribution in [1.82, 2.24) is 20.6 Å². The van der Waals surface area contributed by atoms with E-state index < -0.39 is 41.8 Å². The number of carboxylic acids is 1. The molecule has 11 nitrogen and oxygen atoms in total. The minimum Gasteiger partial charge on any atom is -0.480 e. The first-order chi connectivity index (χ1) is 11.7. The van der Waals surface area contributed by atoms with Crippen LogP contribution in [-0.2, 0) is 25.6 Å². The van der Waals surface area contributed by atoms with Gasteiger partial charge in [-0.1, -0.05) is 0 Å². The summed E-state index contributed by atoms with van der Waals surface area (Å²) >= 11 is 3.96. The fraction of sp³-hybridized carbons (Fsp3) is 0.462. The number of carbonyl (C=O) groups is 4. The van der Waals surface area contributed by atoms with E-state index in [0.717, 1.165) is 0 Å². The van der Waals surface area contributed by atoms with Crippen LogP contribution < -0.4 is 22.1 Å². The molecule has 1 aromatic rings. The van der Waals surface area contributed by atoms with Crippen molar-refractivity contribution in [1.29, 1.82) is 0 Å². The van der Waals surface area contributed by atoms with E-state index in [9.17, 15) is 24.3 Å². The zero-order chi connectivity index (χ0) is 19.0. The maximum Gasteiger partial charge on any atom is 0.326 e. The number of thiol groups is 1. The average Bonchev–Trinajstić information content (AvgIpc) is 3.03. The molecular weight excluding hydrogens is 352 g/mol. The summed E-state index contributed by atoms with van der Waals surface area (Å²) < 4.78 is 0. The normalized spacial score (nSPS) is 14.2. The molecule has 3 atom stereocenters. The maximum absolute atomic E-state index is 12.2. The lowest BCUT2D eigenvalue weighted by atomic mass is 10.1. The van der Waals surface area contributed by atoms with E-state index in [1.54, 1.807) is 0 Å². The van der Waals surface area contributed by atoms with Gasteiger partial charge in [0.05, 0.1) is 18.8 Å². The van der Waals surface area contributed by atoms with Crippen molar-refractivity contribution in [3.05, 3.63) is 18.2 Å². The molecule has 1 aromatic heterocycles. The second-order valence-corrected chi connectivity index (χ2v) is 5.57. The number of aromatic amines is 1. The summed E-state index contributed by atoms with van der Waals surface area (Å²) in [6.45, 7) is 0. The molecule has 0 bridgehead atoms. The summed E-state index contributed by atoms with van der Waals surface area (Å²) in [5.41, 5.74) is 11.0. The number of nitrogens with zero attached hydrogens (tertiary/aromatic N) is 1. The number of imidazole rings is 1. The summed E-state index contributed by atoms with van der Waals surface area (Å²) in [6.07, 6.45) is 2.41. The molecule has 0 saturated heterocycles. The van der Waals surface area contributed by atoms with Crippen LogP contribution in [0.5, 0.6) is 0 Å². The number of hydrogen-bond donors (Lipinski definition) is 7. The second kappa shape index (κ2) is 9.64. The molecule has 0 spiro atoms. The molecule has 0 aromatic carbocycles. The van der Waals surface area contributed by atoms with Crippen molar-refractivity contribution in [2.45, 2.75) is 31.0 Å². The van der Waals surface area contributed by atoms with Crippen molar-refractivity contribution < 1.29 is 24.3 Å². The number of H-pyrrole nitrogens is 1. The molecule has 0 radical (unpaired) electrons. The van der Waals surface area contributed by atoms with Crippen molar-refractivity contribution in [3.63, 3.8) is 0 Å². The van der Waals surface area contributed by atoms with Gasteiger partial charge in [-0.05, 0) is 0 Å². The molecule has 1 rings (SSSR count). The molecule has 0 aliphatic carbocycles. The van der Waals surface area contributed by atoms with E-state index in [1.165, 1.54) is 12.5 Å². The van der Waals surface area contributed by atoms with Gasteiger partial charge in [0.25, 0.3) is 0 Å². The summed E-state index contributed by atoms with van der Waals surface area (Å²) in [5.74, 6) is -3.63. The molecule has 0 aliphatic rings. The van der Waals surface area contributed by atoms with Gasteiger partial charge in [-0.25, -0.2) is 9.78 Å². The zero-order valence-corrected chi connectivity index (χ0v) is 14.0. The number of aromatic nitrogens is 2. The zero-order valence-electron chi connectivity index (χ0n) is 13.1. The van der Waals surface area contributed by atoms with E-state index in [0.29, 0.717) is 5.69 Å². The summed E-state index contributed by atoms with van der Waals surface area (Å²) in [4.78, 5) is 52.6. The Balaban J connectivity index is 2.68. The second-order valence-electron chi connectivity index (χ2n) is 5.20. The van der Waals surface area contributed by atoms with Crippen LogP contribution in [-0.4, -0.2) is 62.6 Å². The van der Waals surface area contributed by atoms with Crippen LogP contribution in [0.2, 0.25) is 0 Å². The molecule has 3 amide bonds. The summed E-state index contributed by atoms with van der Waals surface area (Å²) in [7, 11) is 0. The van der Waals surface area contributed by atoms with E-state index in [4.69, 9.17) is 11.5 Å². The van der Waals surface area contributed by atoms with E-state index in [1.807, 2.05) is 0 Å². The highest BCUT2D eigenvalue weighted by Gasteiger charge is 2.28. The van der Waals surface area contributed by atoms with Crippen LogP contribution in [0, 0.1) is 0 Å². The Labute approximate surface area is 148 Å². The van der Waals surface area contributed by atoms with Gasteiger partial charge in [0.1, 0.15) is 12.1 Å². The van der Waals surface area contributed by atoms with Crippen molar-refractivity contribution in [2.75, 3.05) is 5.75 Å². The minimum absolute atomic E-state index is 0.0184. The quantitative estimate of drug-likeness (QED) is 0.215. The Bertz CT molecular complexity index is 622. The predicted octanol–water partition coefficient (Wildman–Crippen LogP) is -2.86. The molecule has 25 heavy (non-hydrogen) atoms. The number of carboxylic acid groups (broad SMARTS) is 1. The first-order valence-corrected chi connectivity index (χ1v) is 7.83. The monoisotopic (exact) mass is 372 g/mol.